The van der Waals surface area contributed by atoms with Crippen LogP contribution in [0.15, 0.2) is 0 Å². The van der Waals surface area contributed by atoms with Crippen molar-refractivity contribution in [3.8, 4) is 0 Å². The molecule has 0 radical (unpaired) electrons. The van der Waals surface area contributed by atoms with Crippen LogP contribution in [0, 0.1) is 46.8 Å². The fraction of sp³-hybridized carbons (Fsp3) is 1.00. The van der Waals surface area contributed by atoms with Crippen LogP contribution in [-0.4, -0.2) is 27.6 Å². The molecule has 180 valence electrons. The van der Waals surface area contributed by atoms with Gasteiger partial charge in [-0.1, -0.05) is 13.8 Å². The number of hydrogen-bond donors (Lipinski definition) is 2. The Hall–Kier alpha value is -0.290. The van der Waals surface area contributed by atoms with E-state index in [0.717, 1.165) is 32.1 Å². The Bertz CT molecular complexity index is 656. The highest BCUT2D eigenvalue weighted by atomic mass is 19.4. The fourth-order valence-corrected chi connectivity index (χ4v) is 8.89. The molecule has 0 aromatic rings. The van der Waals surface area contributed by atoms with Gasteiger partial charge in [0.15, 0.2) is 5.60 Å². The van der Waals surface area contributed by atoms with Crippen molar-refractivity contribution in [3.63, 3.8) is 0 Å². The lowest BCUT2D eigenvalue weighted by Gasteiger charge is -2.57. The predicted molar refractivity (Wildman–Crippen MR) is 116 cm³/mol. The van der Waals surface area contributed by atoms with Crippen LogP contribution in [0.3, 0.4) is 0 Å². The molecule has 2 nitrogen and oxygen atoms in total. The maximum absolute atomic E-state index is 13.4. The van der Waals surface area contributed by atoms with Crippen molar-refractivity contribution in [2.45, 2.75) is 116 Å². The van der Waals surface area contributed by atoms with E-state index < -0.39 is 17.4 Å². The maximum atomic E-state index is 13.4. The summed E-state index contributed by atoms with van der Waals surface area (Å²) in [5, 5.41) is 20.5. The van der Waals surface area contributed by atoms with E-state index in [1.54, 1.807) is 0 Å². The molecule has 4 aliphatic rings. The standard InChI is InChI=1S/C26H43F3O2/c1-16(9-12-23(2,3)30)21-7-8-22-20-6-5-17-15-25(31,26(27,28)29)14-11-18(17)19(20)10-13-24(21,22)4/h16-22,30-31H,5-15H2,1-4H3/t16-,17?,18+,19?,20?,21-,22?,24-,25-/m1/s1. The van der Waals surface area contributed by atoms with Crippen LogP contribution in [0.5, 0.6) is 0 Å². The van der Waals surface area contributed by atoms with E-state index in [9.17, 15) is 23.4 Å². The highest BCUT2D eigenvalue weighted by Crippen LogP contribution is 2.66. The average Bonchev–Trinajstić information content (AvgIpc) is 3.01. The normalized spacial score (nSPS) is 46.7. The Balaban J connectivity index is 1.45. The van der Waals surface area contributed by atoms with Crippen molar-refractivity contribution < 1.29 is 23.4 Å². The van der Waals surface area contributed by atoms with E-state index in [1.807, 2.05) is 13.8 Å². The first-order valence-corrected chi connectivity index (χ1v) is 12.8. The smallest absolute Gasteiger partial charge is 0.390 e. The molecule has 0 amide bonds. The first-order valence-electron chi connectivity index (χ1n) is 12.8. The summed E-state index contributed by atoms with van der Waals surface area (Å²) in [5.74, 6) is 3.62. The third-order valence-corrected chi connectivity index (χ3v) is 10.5. The minimum absolute atomic E-state index is 0.0360. The number of aliphatic hydroxyl groups is 2. The van der Waals surface area contributed by atoms with Crippen LogP contribution in [-0.2, 0) is 0 Å². The predicted octanol–water partition coefficient (Wildman–Crippen LogP) is 6.74. The molecule has 4 saturated carbocycles. The van der Waals surface area contributed by atoms with Crippen molar-refractivity contribution in [1.29, 1.82) is 0 Å². The molecule has 9 atom stereocenters. The van der Waals surface area contributed by atoms with Gasteiger partial charge in [0.2, 0.25) is 0 Å². The highest BCUT2D eigenvalue weighted by Gasteiger charge is 2.62. The lowest BCUT2D eigenvalue weighted by atomic mass is 9.48. The quantitative estimate of drug-likeness (QED) is 0.504. The van der Waals surface area contributed by atoms with E-state index in [0.29, 0.717) is 47.3 Å². The summed E-state index contributed by atoms with van der Waals surface area (Å²) in [6.45, 7) is 8.66. The monoisotopic (exact) mass is 444 g/mol. The highest BCUT2D eigenvalue weighted by molar-refractivity contribution is 5.08. The lowest BCUT2D eigenvalue weighted by Crippen LogP contribution is -2.55. The summed E-state index contributed by atoms with van der Waals surface area (Å²) < 4.78 is 40.3. The molecule has 4 unspecified atom stereocenters. The lowest BCUT2D eigenvalue weighted by molar-refractivity contribution is -0.282. The first-order chi connectivity index (χ1) is 14.3. The van der Waals surface area contributed by atoms with Crippen molar-refractivity contribution in [2.24, 2.45) is 46.8 Å². The van der Waals surface area contributed by atoms with E-state index in [2.05, 4.69) is 13.8 Å². The van der Waals surface area contributed by atoms with Gasteiger partial charge >= 0.3 is 6.18 Å². The van der Waals surface area contributed by atoms with Crippen molar-refractivity contribution in [3.05, 3.63) is 0 Å². The van der Waals surface area contributed by atoms with Gasteiger partial charge in [0, 0.05) is 0 Å². The zero-order valence-corrected chi connectivity index (χ0v) is 19.8. The van der Waals surface area contributed by atoms with Crippen LogP contribution in [0.25, 0.3) is 0 Å². The van der Waals surface area contributed by atoms with E-state index in [-0.39, 0.29) is 18.8 Å². The van der Waals surface area contributed by atoms with Crippen molar-refractivity contribution >= 4 is 0 Å². The Labute approximate surface area is 186 Å². The minimum Gasteiger partial charge on any atom is -0.390 e. The van der Waals surface area contributed by atoms with Gasteiger partial charge < -0.3 is 10.2 Å². The zero-order chi connectivity index (χ0) is 22.8. The number of halogens is 3. The second-order valence-corrected chi connectivity index (χ2v) is 12.8. The van der Waals surface area contributed by atoms with Crippen LogP contribution in [0.1, 0.15) is 98.3 Å². The SMILES string of the molecule is C[C@H](CCC(C)(C)O)[C@H]1CCC2C3CCC4C[C@@](O)(C(F)(F)F)CC[C@@H]4C3CC[C@@]21C. The third kappa shape index (κ3) is 4.20. The molecule has 4 rings (SSSR count). The fourth-order valence-electron chi connectivity index (χ4n) is 8.89. The van der Waals surface area contributed by atoms with Gasteiger partial charge in [0.25, 0.3) is 0 Å². The Morgan fingerprint density at radius 3 is 2.26 bits per heavy atom. The largest absolute Gasteiger partial charge is 0.417 e. The molecule has 0 aromatic carbocycles. The summed E-state index contributed by atoms with van der Waals surface area (Å²) in [7, 11) is 0. The molecule has 4 fully saturated rings. The van der Waals surface area contributed by atoms with Gasteiger partial charge in [-0.25, -0.2) is 0 Å². The third-order valence-electron chi connectivity index (χ3n) is 10.5. The number of alkyl halides is 3. The molecule has 5 heteroatoms. The summed E-state index contributed by atoms with van der Waals surface area (Å²) in [6.07, 6.45) is 4.52. The molecule has 0 aromatic heterocycles. The molecule has 0 bridgehead atoms. The zero-order valence-electron chi connectivity index (χ0n) is 19.8. The number of hydrogen-bond acceptors (Lipinski definition) is 2. The minimum atomic E-state index is -4.50. The van der Waals surface area contributed by atoms with E-state index in [1.165, 1.54) is 19.3 Å². The summed E-state index contributed by atoms with van der Waals surface area (Å²) in [5.41, 5.74) is -2.73. The van der Waals surface area contributed by atoms with Gasteiger partial charge in [-0.15, -0.1) is 0 Å². The number of fused-ring (bicyclic) bond motifs is 5. The van der Waals surface area contributed by atoms with Crippen molar-refractivity contribution in [1.82, 2.24) is 0 Å². The maximum Gasteiger partial charge on any atom is 0.417 e. The Morgan fingerprint density at radius 1 is 0.935 bits per heavy atom. The van der Waals surface area contributed by atoms with Gasteiger partial charge in [0.05, 0.1) is 5.60 Å². The molecule has 0 heterocycles. The summed E-state index contributed by atoms with van der Waals surface area (Å²) in [4.78, 5) is 0. The summed E-state index contributed by atoms with van der Waals surface area (Å²) in [6, 6.07) is 0. The molecule has 0 aliphatic heterocycles. The first kappa shape index (κ1) is 23.9. The van der Waals surface area contributed by atoms with Crippen LogP contribution >= 0.6 is 0 Å². The Kier molecular flexibility index (Phi) is 6.07. The molecular formula is C26H43F3O2. The molecular weight excluding hydrogens is 401 g/mol. The summed E-state index contributed by atoms with van der Waals surface area (Å²) >= 11 is 0. The van der Waals surface area contributed by atoms with Crippen LogP contribution in [0.2, 0.25) is 0 Å². The molecule has 31 heavy (non-hydrogen) atoms. The van der Waals surface area contributed by atoms with Gasteiger partial charge in [-0.2, -0.15) is 13.2 Å². The molecule has 0 spiro atoms. The van der Waals surface area contributed by atoms with Crippen LogP contribution in [0.4, 0.5) is 13.2 Å². The molecule has 2 N–H and O–H groups in total. The van der Waals surface area contributed by atoms with E-state index >= 15 is 0 Å². The topological polar surface area (TPSA) is 40.5 Å². The second kappa shape index (κ2) is 7.89. The van der Waals surface area contributed by atoms with E-state index in [4.69, 9.17) is 0 Å². The van der Waals surface area contributed by atoms with Crippen LogP contribution < -0.4 is 0 Å². The van der Waals surface area contributed by atoms with Gasteiger partial charge in [-0.3, -0.25) is 0 Å². The second-order valence-electron chi connectivity index (χ2n) is 12.8. The van der Waals surface area contributed by atoms with Gasteiger partial charge in [-0.05, 0) is 131 Å². The average molecular weight is 445 g/mol. The van der Waals surface area contributed by atoms with Gasteiger partial charge in [0.1, 0.15) is 0 Å². The molecule has 4 aliphatic carbocycles. The Morgan fingerprint density at radius 2 is 1.61 bits per heavy atom. The number of rotatable bonds is 4. The van der Waals surface area contributed by atoms with Crippen molar-refractivity contribution in [2.75, 3.05) is 0 Å². The molecule has 0 saturated heterocycles.